The Kier molecular flexibility index (Phi) is 2.37. The quantitative estimate of drug-likeness (QED) is 0.755. The lowest BCUT2D eigenvalue weighted by Gasteiger charge is -1.88. The third kappa shape index (κ3) is 1.80. The molecular weight excluding hydrogens is 238 g/mol. The van der Waals surface area contributed by atoms with Crippen molar-refractivity contribution in [3.63, 3.8) is 0 Å². The molecule has 0 aliphatic carbocycles. The van der Waals surface area contributed by atoms with Crippen molar-refractivity contribution in [2.24, 2.45) is 0 Å². The van der Waals surface area contributed by atoms with Gasteiger partial charge in [-0.1, -0.05) is 23.7 Å². The van der Waals surface area contributed by atoms with Crippen LogP contribution in [0.25, 0.3) is 22.5 Å². The molecule has 0 aliphatic heterocycles. The average Bonchev–Trinajstić information content (AvgIpc) is 2.93. The minimum atomic E-state index is 0.508. The minimum Gasteiger partial charge on any atom is -0.351 e. The van der Waals surface area contributed by atoms with Crippen molar-refractivity contribution in [3.05, 3.63) is 35.1 Å². The second-order valence-corrected chi connectivity index (χ2v) is 4.22. The molecule has 0 saturated carbocycles. The molecule has 0 radical (unpaired) electrons. The summed E-state index contributed by atoms with van der Waals surface area (Å²) in [4.78, 5) is 7.50. The molecule has 1 N–H and O–H groups in total. The third-order valence-electron chi connectivity index (χ3n) is 2.60. The molecule has 1 aromatic carbocycles. The summed E-state index contributed by atoms with van der Waals surface area (Å²) in [5.74, 6) is 1.21. The van der Waals surface area contributed by atoms with Gasteiger partial charge in [0.1, 0.15) is 5.69 Å². The predicted octanol–water partition coefficient (Wildman–Crippen LogP) is 3.43. The number of nitrogens with one attached hydrogen (secondary N) is 1. The lowest BCUT2D eigenvalue weighted by atomic mass is 10.2. The summed E-state index contributed by atoms with van der Waals surface area (Å²) in [5.41, 5.74) is 1.81. The van der Waals surface area contributed by atoms with Crippen LogP contribution in [0.15, 0.2) is 28.8 Å². The number of halogens is 1. The molecule has 4 nitrogen and oxygen atoms in total. The van der Waals surface area contributed by atoms with Gasteiger partial charge < -0.3 is 9.51 Å². The normalized spacial score (nSPS) is 11.2. The third-order valence-corrected chi connectivity index (χ3v) is 2.83. The zero-order valence-electron chi connectivity index (χ0n) is 9.20. The van der Waals surface area contributed by atoms with Gasteiger partial charge in [0.2, 0.25) is 0 Å². The zero-order chi connectivity index (χ0) is 11.8. The molecule has 0 aliphatic rings. The van der Waals surface area contributed by atoms with Crippen LogP contribution in [0.4, 0.5) is 0 Å². The molecule has 5 heteroatoms. The number of H-pyrrole nitrogens is 1. The number of hydrogen-bond acceptors (Lipinski definition) is 3. The number of hydrogen-bond donors (Lipinski definition) is 1. The molecule has 0 amide bonds. The van der Waals surface area contributed by atoms with Gasteiger partial charge in [-0.3, -0.25) is 0 Å². The second kappa shape index (κ2) is 3.89. The maximum Gasteiger partial charge on any atom is 0.274 e. The Balaban J connectivity index is 2.11. The molecule has 0 saturated heterocycles. The van der Waals surface area contributed by atoms with Gasteiger partial charge in [0.05, 0.1) is 0 Å². The van der Waals surface area contributed by atoms with Crippen molar-refractivity contribution < 1.29 is 4.52 Å². The van der Waals surface area contributed by atoms with Crippen molar-refractivity contribution in [2.45, 2.75) is 13.3 Å². The number of nitrogens with zero attached hydrogens (tertiary/aromatic N) is 2. The van der Waals surface area contributed by atoms with E-state index >= 15 is 0 Å². The summed E-state index contributed by atoms with van der Waals surface area (Å²) < 4.78 is 5.18. The summed E-state index contributed by atoms with van der Waals surface area (Å²) >= 11 is 5.94. The Hall–Kier alpha value is -1.81. The topological polar surface area (TPSA) is 54.7 Å². The van der Waals surface area contributed by atoms with Crippen LogP contribution >= 0.6 is 11.6 Å². The number of rotatable bonds is 2. The standard InChI is InChI=1S/C12H10ClN3O/c1-2-11-15-12(17-16-11)10-6-7-5-8(13)3-4-9(7)14-10/h3-6,14H,2H2,1H3. The van der Waals surface area contributed by atoms with Crippen LogP contribution in [0.3, 0.4) is 0 Å². The summed E-state index contributed by atoms with van der Waals surface area (Å²) in [5, 5.41) is 5.61. The van der Waals surface area contributed by atoms with Crippen LogP contribution in [-0.2, 0) is 6.42 Å². The van der Waals surface area contributed by atoms with Gasteiger partial charge in [-0.05, 0) is 24.3 Å². The van der Waals surface area contributed by atoms with Crippen molar-refractivity contribution >= 4 is 22.5 Å². The first-order valence-electron chi connectivity index (χ1n) is 5.37. The molecule has 2 aromatic heterocycles. The minimum absolute atomic E-state index is 0.508. The second-order valence-electron chi connectivity index (χ2n) is 3.78. The number of aryl methyl sites for hydroxylation is 1. The molecule has 3 aromatic rings. The lowest BCUT2D eigenvalue weighted by molar-refractivity contribution is 0.422. The van der Waals surface area contributed by atoms with E-state index in [4.69, 9.17) is 16.1 Å². The van der Waals surface area contributed by atoms with Crippen molar-refractivity contribution in [1.82, 2.24) is 15.1 Å². The average molecular weight is 248 g/mol. The summed E-state index contributed by atoms with van der Waals surface area (Å²) in [6.45, 7) is 1.99. The van der Waals surface area contributed by atoms with Gasteiger partial charge in [-0.15, -0.1) is 0 Å². The summed E-state index contributed by atoms with van der Waals surface area (Å²) in [6, 6.07) is 7.62. The highest BCUT2D eigenvalue weighted by molar-refractivity contribution is 6.31. The predicted molar refractivity (Wildman–Crippen MR) is 66.0 cm³/mol. The lowest BCUT2D eigenvalue weighted by Crippen LogP contribution is -1.82. The SMILES string of the molecule is CCc1noc(-c2cc3cc(Cl)ccc3[nH]2)n1. The molecule has 3 rings (SSSR count). The van der Waals surface area contributed by atoms with E-state index in [1.165, 1.54) is 0 Å². The van der Waals surface area contributed by atoms with Crippen LogP contribution < -0.4 is 0 Å². The fourth-order valence-electron chi connectivity index (χ4n) is 1.73. The Morgan fingerprint density at radius 3 is 3.00 bits per heavy atom. The van der Waals surface area contributed by atoms with Crippen LogP contribution in [0.5, 0.6) is 0 Å². The number of aromatic amines is 1. The first-order chi connectivity index (χ1) is 8.26. The maximum atomic E-state index is 5.94. The van der Waals surface area contributed by atoms with Crippen LogP contribution in [-0.4, -0.2) is 15.1 Å². The highest BCUT2D eigenvalue weighted by Crippen LogP contribution is 2.25. The Bertz CT molecular complexity index is 671. The van der Waals surface area contributed by atoms with E-state index in [9.17, 15) is 0 Å². The highest BCUT2D eigenvalue weighted by atomic mass is 35.5. The summed E-state index contributed by atoms with van der Waals surface area (Å²) in [6.07, 6.45) is 0.759. The summed E-state index contributed by atoms with van der Waals surface area (Å²) in [7, 11) is 0. The van der Waals surface area contributed by atoms with E-state index in [0.717, 1.165) is 23.0 Å². The van der Waals surface area contributed by atoms with E-state index in [0.29, 0.717) is 16.7 Å². The molecule has 86 valence electrons. The van der Waals surface area contributed by atoms with Crippen molar-refractivity contribution in [2.75, 3.05) is 0 Å². The Labute approximate surface area is 103 Å². The van der Waals surface area contributed by atoms with Crippen LogP contribution in [0.2, 0.25) is 5.02 Å². The Morgan fingerprint density at radius 1 is 1.35 bits per heavy atom. The van der Waals surface area contributed by atoms with E-state index < -0.39 is 0 Å². The fourth-order valence-corrected chi connectivity index (χ4v) is 1.91. The molecule has 0 unspecified atom stereocenters. The van der Waals surface area contributed by atoms with E-state index in [1.54, 1.807) is 0 Å². The van der Waals surface area contributed by atoms with Gasteiger partial charge >= 0.3 is 0 Å². The molecular formula is C12H10ClN3O. The molecule has 0 fully saturated rings. The van der Waals surface area contributed by atoms with E-state index in [2.05, 4.69) is 15.1 Å². The maximum absolute atomic E-state index is 5.94. The molecule has 17 heavy (non-hydrogen) atoms. The number of benzene rings is 1. The number of fused-ring (bicyclic) bond motifs is 1. The largest absolute Gasteiger partial charge is 0.351 e. The molecule has 0 bridgehead atoms. The fraction of sp³-hybridized carbons (Fsp3) is 0.167. The molecule has 0 atom stereocenters. The number of aromatic nitrogens is 3. The Morgan fingerprint density at radius 2 is 2.24 bits per heavy atom. The highest BCUT2D eigenvalue weighted by Gasteiger charge is 2.10. The molecule has 0 spiro atoms. The zero-order valence-corrected chi connectivity index (χ0v) is 9.95. The van der Waals surface area contributed by atoms with E-state index in [-0.39, 0.29) is 0 Å². The smallest absolute Gasteiger partial charge is 0.274 e. The van der Waals surface area contributed by atoms with Gasteiger partial charge in [0.25, 0.3) is 5.89 Å². The first kappa shape index (κ1) is 10.4. The van der Waals surface area contributed by atoms with Gasteiger partial charge in [-0.2, -0.15) is 4.98 Å². The van der Waals surface area contributed by atoms with Crippen LogP contribution in [0.1, 0.15) is 12.7 Å². The van der Waals surface area contributed by atoms with Gasteiger partial charge in [-0.25, -0.2) is 0 Å². The monoisotopic (exact) mass is 247 g/mol. The first-order valence-corrected chi connectivity index (χ1v) is 5.75. The van der Waals surface area contributed by atoms with Crippen molar-refractivity contribution in [1.29, 1.82) is 0 Å². The molecule has 2 heterocycles. The van der Waals surface area contributed by atoms with Crippen molar-refractivity contribution in [3.8, 4) is 11.6 Å². The van der Waals surface area contributed by atoms with Gasteiger partial charge in [0, 0.05) is 22.3 Å². The van der Waals surface area contributed by atoms with Crippen LogP contribution in [0, 0.1) is 0 Å². The van der Waals surface area contributed by atoms with E-state index in [1.807, 2.05) is 31.2 Å². The van der Waals surface area contributed by atoms with Gasteiger partial charge in [0.15, 0.2) is 5.82 Å².